The van der Waals surface area contributed by atoms with Crippen LogP contribution in [0.25, 0.3) is 0 Å². The van der Waals surface area contributed by atoms with Crippen molar-refractivity contribution in [3.05, 3.63) is 65.2 Å². The van der Waals surface area contributed by atoms with Crippen molar-refractivity contribution in [1.29, 1.82) is 0 Å². The van der Waals surface area contributed by atoms with Crippen molar-refractivity contribution in [2.75, 3.05) is 17.1 Å². The number of benzene rings is 2. The molecule has 0 saturated carbocycles. The Morgan fingerprint density at radius 3 is 2.28 bits per heavy atom. The highest BCUT2D eigenvalue weighted by Gasteiger charge is 2.29. The first-order valence-corrected chi connectivity index (χ1v) is 13.8. The third-order valence-corrected chi connectivity index (χ3v) is 6.96. The molecule has 0 spiro atoms. The molecule has 0 unspecified atom stereocenters. The maximum Gasteiger partial charge on any atom is 0.243 e. The topological polar surface area (TPSA) is 86.8 Å². The van der Waals surface area contributed by atoms with Gasteiger partial charge >= 0.3 is 0 Å². The zero-order valence-corrected chi connectivity index (χ0v) is 22.2. The molecule has 2 rings (SSSR count). The van der Waals surface area contributed by atoms with Gasteiger partial charge in [-0.3, -0.25) is 13.9 Å². The fraction of sp³-hybridized carbons (Fsp3) is 0.462. The van der Waals surface area contributed by atoms with Gasteiger partial charge < -0.3 is 10.2 Å². The van der Waals surface area contributed by atoms with Gasteiger partial charge in [0.1, 0.15) is 6.04 Å². The molecule has 2 amide bonds. The molecule has 198 valence electrons. The van der Waals surface area contributed by atoms with Crippen molar-refractivity contribution in [3.8, 4) is 0 Å². The fourth-order valence-electron chi connectivity index (χ4n) is 3.92. The van der Waals surface area contributed by atoms with Crippen molar-refractivity contribution in [2.24, 2.45) is 0 Å². The van der Waals surface area contributed by atoms with Crippen molar-refractivity contribution >= 4 is 27.5 Å². The Morgan fingerprint density at radius 2 is 1.72 bits per heavy atom. The van der Waals surface area contributed by atoms with Gasteiger partial charge in [0.25, 0.3) is 0 Å². The van der Waals surface area contributed by atoms with Crippen LogP contribution in [0.3, 0.4) is 0 Å². The molecule has 0 radical (unpaired) electrons. The van der Waals surface area contributed by atoms with Crippen molar-refractivity contribution in [2.45, 2.75) is 65.6 Å². The van der Waals surface area contributed by atoms with Crippen LogP contribution in [0.5, 0.6) is 0 Å². The lowest BCUT2D eigenvalue weighted by Crippen LogP contribution is -2.50. The summed E-state index contributed by atoms with van der Waals surface area (Å²) in [6.45, 7) is 7.57. The highest BCUT2D eigenvalue weighted by molar-refractivity contribution is 7.92. The molecule has 0 bridgehead atoms. The highest BCUT2D eigenvalue weighted by Crippen LogP contribution is 2.22. The Morgan fingerprint density at radius 1 is 1.06 bits per heavy atom. The van der Waals surface area contributed by atoms with Crippen LogP contribution in [0.4, 0.5) is 14.5 Å². The zero-order chi connectivity index (χ0) is 27.0. The molecule has 0 aliphatic heterocycles. The van der Waals surface area contributed by atoms with Crippen molar-refractivity contribution in [3.63, 3.8) is 0 Å². The third kappa shape index (κ3) is 8.01. The van der Waals surface area contributed by atoms with E-state index in [2.05, 4.69) is 5.32 Å². The SMILES string of the molecule is CC[C@@H](C(=O)NC(C)C)N(Cc1ccccc1C)C(=O)CCCN(c1ccc(F)c(F)c1)S(C)(=O)=O. The zero-order valence-electron chi connectivity index (χ0n) is 21.4. The van der Waals surface area contributed by atoms with Gasteiger partial charge in [-0.05, 0) is 56.9 Å². The van der Waals surface area contributed by atoms with Crippen LogP contribution in [-0.4, -0.2) is 50.0 Å². The van der Waals surface area contributed by atoms with Crippen molar-refractivity contribution in [1.82, 2.24) is 10.2 Å². The van der Waals surface area contributed by atoms with Crippen LogP contribution < -0.4 is 9.62 Å². The van der Waals surface area contributed by atoms with E-state index in [1.165, 1.54) is 11.0 Å². The smallest absolute Gasteiger partial charge is 0.243 e. The third-order valence-electron chi connectivity index (χ3n) is 5.76. The number of rotatable bonds is 12. The van der Waals surface area contributed by atoms with Crippen molar-refractivity contribution < 1.29 is 26.8 Å². The molecule has 7 nitrogen and oxygen atoms in total. The average molecular weight is 524 g/mol. The molecule has 0 aliphatic rings. The van der Waals surface area contributed by atoms with Gasteiger partial charge in [0.2, 0.25) is 21.8 Å². The average Bonchev–Trinajstić information content (AvgIpc) is 2.78. The summed E-state index contributed by atoms with van der Waals surface area (Å²) in [6, 6.07) is 9.64. The molecule has 1 N–H and O–H groups in total. The molecule has 36 heavy (non-hydrogen) atoms. The molecule has 10 heteroatoms. The lowest BCUT2D eigenvalue weighted by atomic mass is 10.0. The number of hydrogen-bond acceptors (Lipinski definition) is 4. The van der Waals surface area contributed by atoms with Crippen LogP contribution >= 0.6 is 0 Å². The highest BCUT2D eigenvalue weighted by atomic mass is 32.2. The molecule has 2 aromatic carbocycles. The van der Waals surface area contributed by atoms with E-state index < -0.39 is 27.7 Å². The standard InChI is InChI=1S/C26H35F2N3O4S/c1-6-24(26(33)29-18(2)3)30(17-20-11-8-7-10-19(20)4)25(32)12-9-15-31(36(5,34)35)21-13-14-22(27)23(28)16-21/h7-8,10-11,13-14,16,18,24H,6,9,12,15,17H2,1-5H3,(H,29,33)/t24-/m0/s1. The van der Waals surface area contributed by atoms with Crippen LogP contribution in [0.1, 0.15) is 51.2 Å². The van der Waals surface area contributed by atoms with E-state index in [9.17, 15) is 26.8 Å². The maximum absolute atomic E-state index is 13.7. The summed E-state index contributed by atoms with van der Waals surface area (Å²) in [7, 11) is -3.81. The minimum Gasteiger partial charge on any atom is -0.352 e. The molecular weight excluding hydrogens is 488 g/mol. The monoisotopic (exact) mass is 523 g/mol. The van der Waals surface area contributed by atoms with Gasteiger partial charge in [-0.15, -0.1) is 0 Å². The van der Waals surface area contributed by atoms with Crippen LogP contribution in [0.15, 0.2) is 42.5 Å². The molecule has 0 saturated heterocycles. The number of carbonyl (C=O) groups is 2. The minimum absolute atomic E-state index is 0.0247. The number of aryl methyl sites for hydroxylation is 1. The summed E-state index contributed by atoms with van der Waals surface area (Å²) >= 11 is 0. The van der Waals surface area contributed by atoms with Gasteiger partial charge in [0, 0.05) is 31.6 Å². The lowest BCUT2D eigenvalue weighted by molar-refractivity contribution is -0.141. The summed E-state index contributed by atoms with van der Waals surface area (Å²) in [6.07, 6.45) is 1.45. The normalized spacial score (nSPS) is 12.3. The van der Waals surface area contributed by atoms with E-state index in [0.29, 0.717) is 6.42 Å². The van der Waals surface area contributed by atoms with E-state index in [4.69, 9.17) is 0 Å². The Hall–Kier alpha value is -3.01. The Bertz CT molecular complexity index is 1170. The molecule has 1 atom stereocenters. The summed E-state index contributed by atoms with van der Waals surface area (Å²) in [4.78, 5) is 27.8. The number of sulfonamides is 1. The first-order valence-electron chi connectivity index (χ1n) is 11.9. The summed E-state index contributed by atoms with van der Waals surface area (Å²) in [5.41, 5.74) is 1.86. The van der Waals surface area contributed by atoms with E-state index in [-0.39, 0.29) is 49.5 Å². The summed E-state index contributed by atoms with van der Waals surface area (Å²) < 4.78 is 52.7. The first-order chi connectivity index (χ1) is 16.8. The van der Waals surface area contributed by atoms with Gasteiger partial charge in [-0.25, -0.2) is 17.2 Å². The Kier molecular flexibility index (Phi) is 10.4. The van der Waals surface area contributed by atoms with Gasteiger partial charge in [-0.1, -0.05) is 31.2 Å². The predicted molar refractivity (Wildman–Crippen MR) is 137 cm³/mol. The molecule has 2 aromatic rings. The Balaban J connectivity index is 2.24. The van der Waals surface area contributed by atoms with E-state index in [1.807, 2.05) is 52.0 Å². The van der Waals surface area contributed by atoms with Crippen LogP contribution in [0, 0.1) is 18.6 Å². The maximum atomic E-state index is 13.7. The predicted octanol–water partition coefficient (Wildman–Crippen LogP) is 4.15. The fourth-order valence-corrected chi connectivity index (χ4v) is 4.87. The van der Waals surface area contributed by atoms with E-state index in [0.717, 1.165) is 33.8 Å². The van der Waals surface area contributed by atoms with E-state index in [1.54, 1.807) is 0 Å². The molecule has 0 aliphatic carbocycles. The largest absolute Gasteiger partial charge is 0.352 e. The molecule has 0 heterocycles. The second-order valence-corrected chi connectivity index (χ2v) is 11.0. The van der Waals surface area contributed by atoms with Gasteiger partial charge in [0.05, 0.1) is 11.9 Å². The Labute approximate surface area is 212 Å². The molecule has 0 aromatic heterocycles. The number of nitrogens with zero attached hydrogens (tertiary/aromatic N) is 2. The first kappa shape index (κ1) is 29.2. The lowest BCUT2D eigenvalue weighted by Gasteiger charge is -2.32. The second kappa shape index (κ2) is 12.8. The summed E-state index contributed by atoms with van der Waals surface area (Å²) in [5, 5.41) is 2.87. The molecule has 0 fully saturated rings. The minimum atomic E-state index is -3.81. The number of nitrogens with one attached hydrogen (secondary N) is 1. The number of amides is 2. The number of anilines is 1. The van der Waals surface area contributed by atoms with E-state index >= 15 is 0 Å². The van der Waals surface area contributed by atoms with Gasteiger partial charge in [-0.2, -0.15) is 0 Å². The van der Waals surface area contributed by atoms with Gasteiger partial charge in [0.15, 0.2) is 11.6 Å². The number of hydrogen-bond donors (Lipinski definition) is 1. The number of carbonyl (C=O) groups excluding carboxylic acids is 2. The number of halogens is 2. The molecular formula is C26H35F2N3O4S. The second-order valence-electron chi connectivity index (χ2n) is 9.07. The summed E-state index contributed by atoms with van der Waals surface area (Å²) in [5.74, 6) is -2.81. The van der Waals surface area contributed by atoms with Crippen LogP contribution in [-0.2, 0) is 26.2 Å². The quantitative estimate of drug-likeness (QED) is 0.453. The van der Waals surface area contributed by atoms with Crippen LogP contribution in [0.2, 0.25) is 0 Å².